The highest BCUT2D eigenvalue weighted by Gasteiger charge is 2.19. The first kappa shape index (κ1) is 15.7. The molecule has 0 aliphatic heterocycles. The number of nitrogens with zero attached hydrogens (tertiary/aromatic N) is 3. The standard InChI is InChI=1S/C12H25N3O2/c1-6-14(7-2)11(16)10-13(5)12(17)15(8-3)9-4/h6-10H2,1-5H3. The summed E-state index contributed by atoms with van der Waals surface area (Å²) in [6.07, 6.45) is 0. The Hall–Kier alpha value is -1.26. The molecule has 0 aliphatic rings. The van der Waals surface area contributed by atoms with E-state index in [0.717, 1.165) is 0 Å². The van der Waals surface area contributed by atoms with E-state index in [0.29, 0.717) is 26.2 Å². The van der Waals surface area contributed by atoms with E-state index >= 15 is 0 Å². The highest BCUT2D eigenvalue weighted by molar-refractivity contribution is 5.83. The molecule has 0 aromatic heterocycles. The fraction of sp³-hybridized carbons (Fsp3) is 0.833. The molecule has 0 aliphatic carbocycles. The zero-order valence-corrected chi connectivity index (χ0v) is 11.7. The van der Waals surface area contributed by atoms with Crippen molar-refractivity contribution in [1.29, 1.82) is 0 Å². The Morgan fingerprint density at radius 1 is 0.824 bits per heavy atom. The number of hydrogen-bond donors (Lipinski definition) is 0. The van der Waals surface area contributed by atoms with E-state index in [1.54, 1.807) is 16.8 Å². The summed E-state index contributed by atoms with van der Waals surface area (Å²) in [7, 11) is 1.67. The van der Waals surface area contributed by atoms with Crippen molar-refractivity contribution in [3.8, 4) is 0 Å². The molecule has 0 spiro atoms. The van der Waals surface area contributed by atoms with Gasteiger partial charge in [0, 0.05) is 33.2 Å². The summed E-state index contributed by atoms with van der Waals surface area (Å²) >= 11 is 0. The van der Waals surface area contributed by atoms with Gasteiger partial charge in [0.25, 0.3) is 0 Å². The number of carbonyl (C=O) groups is 2. The SMILES string of the molecule is CCN(CC)C(=O)CN(C)C(=O)N(CC)CC. The van der Waals surface area contributed by atoms with Crippen LogP contribution in [0.25, 0.3) is 0 Å². The molecular weight excluding hydrogens is 218 g/mol. The van der Waals surface area contributed by atoms with Gasteiger partial charge in [0.15, 0.2) is 0 Å². The summed E-state index contributed by atoms with van der Waals surface area (Å²) in [6.45, 7) is 10.6. The maximum Gasteiger partial charge on any atom is 0.320 e. The highest BCUT2D eigenvalue weighted by atomic mass is 16.2. The predicted octanol–water partition coefficient (Wildman–Crippen LogP) is 1.25. The number of carbonyl (C=O) groups excluding carboxylic acids is 2. The van der Waals surface area contributed by atoms with E-state index in [2.05, 4.69) is 0 Å². The summed E-state index contributed by atoms with van der Waals surface area (Å²) in [4.78, 5) is 28.7. The van der Waals surface area contributed by atoms with Crippen LogP contribution < -0.4 is 0 Å². The third-order valence-corrected chi connectivity index (χ3v) is 2.85. The number of urea groups is 1. The van der Waals surface area contributed by atoms with Gasteiger partial charge >= 0.3 is 6.03 Å². The molecule has 0 aromatic carbocycles. The van der Waals surface area contributed by atoms with Gasteiger partial charge in [-0.25, -0.2) is 4.79 Å². The van der Waals surface area contributed by atoms with Gasteiger partial charge in [-0.05, 0) is 27.7 Å². The highest BCUT2D eigenvalue weighted by Crippen LogP contribution is 1.98. The Morgan fingerprint density at radius 2 is 1.24 bits per heavy atom. The first-order valence-corrected chi connectivity index (χ1v) is 6.29. The predicted molar refractivity (Wildman–Crippen MR) is 68.9 cm³/mol. The van der Waals surface area contributed by atoms with Gasteiger partial charge in [0.2, 0.25) is 5.91 Å². The first-order valence-electron chi connectivity index (χ1n) is 6.29. The molecule has 100 valence electrons. The maximum absolute atomic E-state index is 11.9. The summed E-state index contributed by atoms with van der Waals surface area (Å²) in [5.74, 6) is -0.00185. The molecule has 0 N–H and O–H groups in total. The minimum Gasteiger partial charge on any atom is -0.342 e. The van der Waals surface area contributed by atoms with Crippen LogP contribution in [-0.4, -0.2) is 66.4 Å². The van der Waals surface area contributed by atoms with Gasteiger partial charge < -0.3 is 14.7 Å². The molecule has 0 radical (unpaired) electrons. The molecule has 0 saturated carbocycles. The van der Waals surface area contributed by atoms with Gasteiger partial charge in [-0.3, -0.25) is 4.79 Å². The van der Waals surface area contributed by atoms with E-state index in [9.17, 15) is 9.59 Å². The molecule has 0 aromatic rings. The zero-order valence-electron chi connectivity index (χ0n) is 11.7. The Balaban J connectivity index is 4.38. The largest absolute Gasteiger partial charge is 0.342 e. The van der Waals surface area contributed by atoms with Gasteiger partial charge in [0.1, 0.15) is 6.54 Å². The summed E-state index contributed by atoms with van der Waals surface area (Å²) in [6, 6.07) is -0.0875. The van der Waals surface area contributed by atoms with Crippen molar-refractivity contribution < 1.29 is 9.59 Å². The van der Waals surface area contributed by atoms with Crippen molar-refractivity contribution in [2.24, 2.45) is 0 Å². The van der Waals surface area contributed by atoms with Crippen molar-refractivity contribution in [2.45, 2.75) is 27.7 Å². The van der Waals surface area contributed by atoms with Crippen molar-refractivity contribution in [3.63, 3.8) is 0 Å². The lowest BCUT2D eigenvalue weighted by molar-refractivity contribution is -0.131. The van der Waals surface area contributed by atoms with Crippen LogP contribution in [0.1, 0.15) is 27.7 Å². The van der Waals surface area contributed by atoms with Crippen LogP contribution in [0.4, 0.5) is 4.79 Å². The summed E-state index contributed by atoms with van der Waals surface area (Å²) in [5.41, 5.74) is 0. The lowest BCUT2D eigenvalue weighted by Gasteiger charge is -2.27. The molecule has 0 fully saturated rings. The van der Waals surface area contributed by atoms with Crippen LogP contribution in [0.15, 0.2) is 0 Å². The molecular formula is C12H25N3O2. The van der Waals surface area contributed by atoms with Crippen LogP contribution >= 0.6 is 0 Å². The molecule has 0 rings (SSSR count). The van der Waals surface area contributed by atoms with Gasteiger partial charge in [-0.1, -0.05) is 0 Å². The first-order chi connectivity index (χ1) is 8.01. The van der Waals surface area contributed by atoms with E-state index in [1.807, 2.05) is 27.7 Å². The summed E-state index contributed by atoms with van der Waals surface area (Å²) in [5, 5.41) is 0. The number of hydrogen-bond acceptors (Lipinski definition) is 2. The third kappa shape index (κ3) is 4.63. The van der Waals surface area contributed by atoms with E-state index in [-0.39, 0.29) is 18.5 Å². The fourth-order valence-electron chi connectivity index (χ4n) is 1.68. The van der Waals surface area contributed by atoms with Crippen LogP contribution in [0, 0.1) is 0 Å². The summed E-state index contributed by atoms with van der Waals surface area (Å²) < 4.78 is 0. The Bertz CT molecular complexity index is 248. The van der Waals surface area contributed by atoms with Gasteiger partial charge in [-0.15, -0.1) is 0 Å². The number of amides is 3. The van der Waals surface area contributed by atoms with Crippen molar-refractivity contribution in [2.75, 3.05) is 39.8 Å². The van der Waals surface area contributed by atoms with Crippen molar-refractivity contribution in [1.82, 2.24) is 14.7 Å². The lowest BCUT2D eigenvalue weighted by Crippen LogP contribution is -2.46. The Morgan fingerprint density at radius 3 is 1.59 bits per heavy atom. The number of rotatable bonds is 6. The fourth-order valence-corrected chi connectivity index (χ4v) is 1.68. The Kier molecular flexibility index (Phi) is 7.34. The number of likely N-dealkylation sites (N-methyl/N-ethyl adjacent to an activating group) is 2. The van der Waals surface area contributed by atoms with Crippen LogP contribution in [0.5, 0.6) is 0 Å². The van der Waals surface area contributed by atoms with Crippen LogP contribution in [0.3, 0.4) is 0 Å². The second-order valence-electron chi connectivity index (χ2n) is 3.88. The average Bonchev–Trinajstić information content (AvgIpc) is 2.31. The van der Waals surface area contributed by atoms with E-state index in [1.165, 1.54) is 4.90 Å². The molecule has 5 nitrogen and oxygen atoms in total. The van der Waals surface area contributed by atoms with E-state index in [4.69, 9.17) is 0 Å². The maximum atomic E-state index is 11.9. The van der Waals surface area contributed by atoms with Crippen molar-refractivity contribution >= 4 is 11.9 Å². The average molecular weight is 243 g/mol. The molecule has 0 unspecified atom stereocenters. The smallest absolute Gasteiger partial charge is 0.320 e. The lowest BCUT2D eigenvalue weighted by atomic mass is 10.4. The topological polar surface area (TPSA) is 43.9 Å². The minimum atomic E-state index is -0.0875. The van der Waals surface area contributed by atoms with Gasteiger partial charge in [-0.2, -0.15) is 0 Å². The van der Waals surface area contributed by atoms with Crippen molar-refractivity contribution in [3.05, 3.63) is 0 Å². The molecule has 0 atom stereocenters. The Labute approximate surface area is 104 Å². The van der Waals surface area contributed by atoms with Crippen LogP contribution in [-0.2, 0) is 4.79 Å². The third-order valence-electron chi connectivity index (χ3n) is 2.85. The minimum absolute atomic E-state index is 0.00185. The zero-order chi connectivity index (χ0) is 13.4. The molecule has 0 bridgehead atoms. The molecule has 17 heavy (non-hydrogen) atoms. The van der Waals surface area contributed by atoms with Crippen LogP contribution in [0.2, 0.25) is 0 Å². The quantitative estimate of drug-likeness (QED) is 0.704. The molecule has 3 amide bonds. The monoisotopic (exact) mass is 243 g/mol. The second kappa shape index (κ2) is 7.92. The van der Waals surface area contributed by atoms with Gasteiger partial charge in [0.05, 0.1) is 0 Å². The molecule has 0 saturated heterocycles. The second-order valence-corrected chi connectivity index (χ2v) is 3.88. The van der Waals surface area contributed by atoms with E-state index < -0.39 is 0 Å². The normalized spacial score (nSPS) is 9.94. The molecule has 0 heterocycles. The molecule has 5 heteroatoms.